The highest BCUT2D eigenvalue weighted by molar-refractivity contribution is 8.23. The lowest BCUT2D eigenvalue weighted by atomic mass is 10.2. The van der Waals surface area contributed by atoms with Crippen LogP contribution in [-0.4, -0.2) is 65.0 Å². The van der Waals surface area contributed by atoms with E-state index < -0.39 is 0 Å². The molecule has 2 aliphatic heterocycles. The Kier molecular flexibility index (Phi) is 5.78. The monoisotopic (exact) mass is 349 g/mol. The van der Waals surface area contributed by atoms with Crippen LogP contribution in [0.25, 0.3) is 0 Å². The Balaban J connectivity index is 1.42. The summed E-state index contributed by atoms with van der Waals surface area (Å²) in [7, 11) is 0. The van der Waals surface area contributed by atoms with Gasteiger partial charge in [-0.3, -0.25) is 4.79 Å². The third-order valence-corrected chi connectivity index (χ3v) is 5.95. The summed E-state index contributed by atoms with van der Waals surface area (Å²) in [6.45, 7) is 5.65. The number of rotatable bonds is 3. The standard InChI is InChI=1S/C17H23N3OS2/c21-16(19-8-4-5-9-19)14-23-17(22)20-12-10-18(11-13-20)15-6-2-1-3-7-15/h1-3,6-7H,4-5,8-14H2. The molecule has 6 heteroatoms. The minimum Gasteiger partial charge on any atom is -0.368 e. The summed E-state index contributed by atoms with van der Waals surface area (Å²) in [5, 5.41) is 0. The Hall–Kier alpha value is -1.27. The van der Waals surface area contributed by atoms with Gasteiger partial charge >= 0.3 is 0 Å². The molecule has 1 aromatic rings. The van der Waals surface area contributed by atoms with Crippen LogP contribution in [0.1, 0.15) is 12.8 Å². The van der Waals surface area contributed by atoms with Crippen molar-refractivity contribution in [1.82, 2.24) is 9.80 Å². The van der Waals surface area contributed by atoms with E-state index in [9.17, 15) is 4.79 Å². The van der Waals surface area contributed by atoms with Crippen LogP contribution in [0.4, 0.5) is 5.69 Å². The molecule has 2 fully saturated rings. The van der Waals surface area contributed by atoms with Gasteiger partial charge in [-0.25, -0.2) is 0 Å². The van der Waals surface area contributed by atoms with Gasteiger partial charge in [0.15, 0.2) is 0 Å². The van der Waals surface area contributed by atoms with E-state index in [2.05, 4.69) is 34.1 Å². The van der Waals surface area contributed by atoms with Gasteiger partial charge in [0.05, 0.1) is 5.75 Å². The molecule has 0 radical (unpaired) electrons. The maximum atomic E-state index is 12.1. The fraction of sp³-hybridized carbons (Fsp3) is 0.529. The van der Waals surface area contributed by atoms with Crippen LogP contribution >= 0.6 is 24.0 Å². The summed E-state index contributed by atoms with van der Waals surface area (Å²) in [6.07, 6.45) is 2.28. The van der Waals surface area contributed by atoms with E-state index in [0.29, 0.717) is 5.75 Å². The molecule has 124 valence electrons. The summed E-state index contributed by atoms with van der Waals surface area (Å²) in [5.74, 6) is 0.718. The second-order valence-corrected chi connectivity index (χ2v) is 7.56. The van der Waals surface area contributed by atoms with Crippen LogP contribution in [0.5, 0.6) is 0 Å². The van der Waals surface area contributed by atoms with Crippen LogP contribution in [-0.2, 0) is 4.79 Å². The van der Waals surface area contributed by atoms with E-state index in [0.717, 1.165) is 56.4 Å². The maximum absolute atomic E-state index is 12.1. The number of piperazine rings is 1. The van der Waals surface area contributed by atoms with Gasteiger partial charge in [-0.2, -0.15) is 0 Å². The Bertz CT molecular complexity index is 538. The lowest BCUT2D eigenvalue weighted by molar-refractivity contribution is -0.127. The second-order valence-electron chi connectivity index (χ2n) is 5.95. The lowest BCUT2D eigenvalue weighted by Gasteiger charge is -2.37. The zero-order valence-electron chi connectivity index (χ0n) is 13.3. The number of hydrogen-bond donors (Lipinski definition) is 0. The Labute approximate surface area is 147 Å². The van der Waals surface area contributed by atoms with Gasteiger partial charge in [-0.1, -0.05) is 42.2 Å². The lowest BCUT2D eigenvalue weighted by Crippen LogP contribution is -2.47. The van der Waals surface area contributed by atoms with E-state index in [1.807, 2.05) is 11.0 Å². The number of hydrogen-bond acceptors (Lipinski definition) is 4. The third kappa shape index (κ3) is 4.38. The Morgan fingerprint density at radius 2 is 1.61 bits per heavy atom. The molecule has 4 nitrogen and oxygen atoms in total. The van der Waals surface area contributed by atoms with Crippen molar-refractivity contribution in [1.29, 1.82) is 0 Å². The van der Waals surface area contributed by atoms with Gasteiger partial charge in [0.1, 0.15) is 4.32 Å². The molecule has 0 spiro atoms. The molecule has 0 unspecified atom stereocenters. The van der Waals surface area contributed by atoms with Gasteiger partial charge in [-0.15, -0.1) is 0 Å². The average Bonchev–Trinajstić information content (AvgIpc) is 3.15. The van der Waals surface area contributed by atoms with Crippen molar-refractivity contribution in [3.05, 3.63) is 30.3 Å². The molecule has 0 atom stereocenters. The van der Waals surface area contributed by atoms with E-state index in [1.54, 1.807) is 0 Å². The SMILES string of the molecule is O=C(CSC(=S)N1CCN(c2ccccc2)CC1)N1CCCC1. The molecule has 1 amide bonds. The molecule has 23 heavy (non-hydrogen) atoms. The van der Waals surface area contributed by atoms with Crippen LogP contribution in [0.15, 0.2) is 30.3 Å². The van der Waals surface area contributed by atoms with Crippen LogP contribution < -0.4 is 4.90 Å². The topological polar surface area (TPSA) is 26.8 Å². The Morgan fingerprint density at radius 3 is 2.26 bits per heavy atom. The van der Waals surface area contributed by atoms with Crippen molar-refractivity contribution in [2.75, 3.05) is 49.9 Å². The molecule has 2 heterocycles. The molecular weight excluding hydrogens is 326 g/mol. The Morgan fingerprint density at radius 1 is 0.957 bits per heavy atom. The zero-order valence-corrected chi connectivity index (χ0v) is 15.0. The molecule has 2 aliphatic rings. The average molecular weight is 350 g/mol. The van der Waals surface area contributed by atoms with Crippen LogP contribution in [0, 0.1) is 0 Å². The quantitative estimate of drug-likeness (QED) is 0.781. The van der Waals surface area contributed by atoms with Crippen molar-refractivity contribution in [3.8, 4) is 0 Å². The number of likely N-dealkylation sites (tertiary alicyclic amines) is 1. The fourth-order valence-corrected chi connectivity index (χ4v) is 4.21. The number of nitrogens with zero attached hydrogens (tertiary/aromatic N) is 3. The highest BCUT2D eigenvalue weighted by Gasteiger charge is 2.22. The van der Waals surface area contributed by atoms with Crippen molar-refractivity contribution in [2.45, 2.75) is 12.8 Å². The number of para-hydroxylation sites is 1. The van der Waals surface area contributed by atoms with E-state index in [4.69, 9.17) is 12.2 Å². The maximum Gasteiger partial charge on any atom is 0.233 e. The first kappa shape index (κ1) is 16.6. The predicted octanol–water partition coefficient (Wildman–Crippen LogP) is 2.45. The number of amides is 1. The van der Waals surface area contributed by atoms with Crippen LogP contribution in [0.2, 0.25) is 0 Å². The summed E-state index contributed by atoms with van der Waals surface area (Å²) >= 11 is 7.04. The highest BCUT2D eigenvalue weighted by atomic mass is 32.2. The molecule has 3 rings (SSSR count). The summed E-state index contributed by atoms with van der Waals surface area (Å²) in [4.78, 5) is 18.7. The number of thioether (sulfide) groups is 1. The molecule has 0 N–H and O–H groups in total. The molecular formula is C17H23N3OS2. The first-order valence-electron chi connectivity index (χ1n) is 8.23. The van der Waals surface area contributed by atoms with Crippen LogP contribution in [0.3, 0.4) is 0 Å². The molecule has 2 saturated heterocycles. The van der Waals surface area contributed by atoms with Crippen molar-refractivity contribution in [3.63, 3.8) is 0 Å². The minimum atomic E-state index is 0.234. The van der Waals surface area contributed by atoms with Gasteiger partial charge in [0.25, 0.3) is 0 Å². The minimum absolute atomic E-state index is 0.234. The highest BCUT2D eigenvalue weighted by Crippen LogP contribution is 2.19. The summed E-state index contributed by atoms with van der Waals surface area (Å²) in [6, 6.07) is 10.5. The summed E-state index contributed by atoms with van der Waals surface area (Å²) in [5.41, 5.74) is 1.27. The van der Waals surface area contributed by atoms with Gasteiger partial charge in [0.2, 0.25) is 5.91 Å². The third-order valence-electron chi connectivity index (χ3n) is 4.44. The number of thiocarbonyl (C=S) groups is 1. The van der Waals surface area contributed by atoms with Gasteiger partial charge < -0.3 is 14.7 Å². The van der Waals surface area contributed by atoms with Crippen molar-refractivity contribution >= 4 is 39.9 Å². The number of anilines is 1. The zero-order chi connectivity index (χ0) is 16.1. The van der Waals surface area contributed by atoms with Crippen molar-refractivity contribution < 1.29 is 4.79 Å². The predicted molar refractivity (Wildman–Crippen MR) is 101 cm³/mol. The number of benzene rings is 1. The largest absolute Gasteiger partial charge is 0.368 e. The normalized spacial score (nSPS) is 18.3. The fourth-order valence-electron chi connectivity index (χ4n) is 3.06. The summed E-state index contributed by atoms with van der Waals surface area (Å²) < 4.78 is 0.866. The van der Waals surface area contributed by atoms with Crippen molar-refractivity contribution in [2.24, 2.45) is 0 Å². The van der Waals surface area contributed by atoms with E-state index in [-0.39, 0.29) is 5.91 Å². The molecule has 0 bridgehead atoms. The van der Waals surface area contributed by atoms with Gasteiger partial charge in [-0.05, 0) is 25.0 Å². The smallest absolute Gasteiger partial charge is 0.233 e. The molecule has 0 aromatic heterocycles. The first-order chi connectivity index (χ1) is 11.2. The molecule has 1 aromatic carbocycles. The number of carbonyl (C=O) groups excluding carboxylic acids is 1. The van der Waals surface area contributed by atoms with E-state index >= 15 is 0 Å². The first-order valence-corrected chi connectivity index (χ1v) is 9.63. The van der Waals surface area contributed by atoms with E-state index in [1.165, 1.54) is 17.4 Å². The second kappa shape index (κ2) is 8.02. The van der Waals surface area contributed by atoms with Gasteiger partial charge in [0, 0.05) is 45.0 Å². The molecule has 0 saturated carbocycles. The molecule has 0 aliphatic carbocycles. The number of carbonyl (C=O) groups is 1.